The second kappa shape index (κ2) is 9.65. The summed E-state index contributed by atoms with van der Waals surface area (Å²) in [7, 11) is 1.65. The van der Waals surface area contributed by atoms with Crippen molar-refractivity contribution >= 4 is 27.5 Å². The van der Waals surface area contributed by atoms with Crippen LogP contribution in [0.1, 0.15) is 41.1 Å². The molecule has 1 aliphatic heterocycles. The van der Waals surface area contributed by atoms with Crippen molar-refractivity contribution in [3.05, 3.63) is 56.4 Å². The number of carbonyl (C=O) groups excluding carboxylic acids is 1. The molecule has 0 spiro atoms. The van der Waals surface area contributed by atoms with E-state index in [2.05, 4.69) is 9.88 Å². The first-order valence-corrected chi connectivity index (χ1v) is 12.6. The molecule has 1 fully saturated rings. The summed E-state index contributed by atoms with van der Waals surface area (Å²) >= 11 is 1.69. The van der Waals surface area contributed by atoms with Crippen molar-refractivity contribution in [2.24, 2.45) is 0 Å². The number of amides is 1. The minimum Gasteiger partial charge on any atom is -0.497 e. The van der Waals surface area contributed by atoms with Gasteiger partial charge < -0.3 is 14.6 Å². The Balaban J connectivity index is 1.15. The highest BCUT2D eigenvalue weighted by atomic mass is 32.1. The van der Waals surface area contributed by atoms with Crippen LogP contribution in [0.4, 0.5) is 0 Å². The van der Waals surface area contributed by atoms with Gasteiger partial charge in [-0.3, -0.25) is 14.5 Å². The summed E-state index contributed by atoms with van der Waals surface area (Å²) < 4.78 is 5.19. The van der Waals surface area contributed by atoms with E-state index in [0.717, 1.165) is 66.1 Å². The second-order valence-electron chi connectivity index (χ2n) is 8.91. The summed E-state index contributed by atoms with van der Waals surface area (Å²) in [6, 6.07) is 7.89. The first-order valence-electron chi connectivity index (χ1n) is 11.8. The van der Waals surface area contributed by atoms with Crippen LogP contribution < -0.4 is 10.3 Å². The Kier molecular flexibility index (Phi) is 6.46. The Labute approximate surface area is 197 Å². The summed E-state index contributed by atoms with van der Waals surface area (Å²) in [4.78, 5) is 39.7. The van der Waals surface area contributed by atoms with Gasteiger partial charge in [-0.1, -0.05) is 12.1 Å². The number of methoxy groups -OCH3 is 1. The van der Waals surface area contributed by atoms with E-state index < -0.39 is 0 Å². The van der Waals surface area contributed by atoms with Gasteiger partial charge in [-0.25, -0.2) is 4.98 Å². The predicted octanol–water partition coefficient (Wildman–Crippen LogP) is 3.15. The quantitative estimate of drug-likeness (QED) is 0.604. The van der Waals surface area contributed by atoms with Crippen LogP contribution >= 0.6 is 11.3 Å². The lowest BCUT2D eigenvalue weighted by Crippen LogP contribution is -2.48. The molecule has 1 amide bonds. The van der Waals surface area contributed by atoms with Crippen LogP contribution in [0.3, 0.4) is 0 Å². The third kappa shape index (κ3) is 4.82. The number of piperazine rings is 1. The average Bonchev–Trinajstić information content (AvgIpc) is 3.22. The van der Waals surface area contributed by atoms with E-state index in [1.165, 1.54) is 16.9 Å². The molecule has 8 heteroatoms. The van der Waals surface area contributed by atoms with Gasteiger partial charge in [0.15, 0.2) is 0 Å². The smallest absolute Gasteiger partial charge is 0.259 e. The van der Waals surface area contributed by atoms with E-state index in [-0.39, 0.29) is 11.5 Å². The molecule has 3 heterocycles. The number of ether oxygens (including phenoxy) is 1. The second-order valence-corrected chi connectivity index (χ2v) is 9.99. The SMILES string of the molecule is COc1ccc(CCC(=O)N2CCN(Cc3nc4sc5c(c4c(=O)[nH]3)CCCC5)CC2)cc1. The van der Waals surface area contributed by atoms with Crippen LogP contribution in [-0.4, -0.2) is 59.0 Å². The van der Waals surface area contributed by atoms with Crippen LogP contribution in [0.5, 0.6) is 5.75 Å². The largest absolute Gasteiger partial charge is 0.497 e. The van der Waals surface area contributed by atoms with Crippen molar-refractivity contribution in [2.75, 3.05) is 33.3 Å². The molecule has 2 aromatic heterocycles. The van der Waals surface area contributed by atoms with Gasteiger partial charge in [-0.2, -0.15) is 0 Å². The molecule has 1 saturated heterocycles. The number of H-pyrrole nitrogens is 1. The molecule has 0 bridgehead atoms. The number of aryl methyl sites for hydroxylation is 3. The number of hydrogen-bond acceptors (Lipinski definition) is 6. The standard InChI is InChI=1S/C25H30N4O3S/c1-32-18-9-6-17(7-10-18)8-11-22(30)29-14-12-28(13-15-29)16-21-26-24(31)23-19-4-2-3-5-20(19)33-25(23)27-21/h6-7,9-10H,2-5,8,11-16H2,1H3,(H,26,27,31). The van der Waals surface area contributed by atoms with Gasteiger partial charge in [0.05, 0.1) is 19.0 Å². The van der Waals surface area contributed by atoms with Crippen LogP contribution in [0.2, 0.25) is 0 Å². The highest BCUT2D eigenvalue weighted by molar-refractivity contribution is 7.18. The van der Waals surface area contributed by atoms with E-state index >= 15 is 0 Å². The molecule has 33 heavy (non-hydrogen) atoms. The zero-order valence-corrected chi connectivity index (χ0v) is 19.9. The molecule has 5 rings (SSSR count). The Morgan fingerprint density at radius 1 is 1.12 bits per heavy atom. The third-order valence-corrected chi connectivity index (χ3v) is 7.94. The predicted molar refractivity (Wildman–Crippen MR) is 130 cm³/mol. The number of nitrogens with one attached hydrogen (secondary N) is 1. The summed E-state index contributed by atoms with van der Waals surface area (Å²) in [6.45, 7) is 3.61. The maximum absolute atomic E-state index is 12.8. The van der Waals surface area contributed by atoms with Crippen LogP contribution in [0.15, 0.2) is 29.1 Å². The van der Waals surface area contributed by atoms with Crippen molar-refractivity contribution in [1.29, 1.82) is 0 Å². The van der Waals surface area contributed by atoms with Crippen molar-refractivity contribution in [3.63, 3.8) is 0 Å². The summed E-state index contributed by atoms with van der Waals surface area (Å²) in [5, 5.41) is 0.811. The molecule has 0 atom stereocenters. The molecule has 2 aliphatic rings. The van der Waals surface area contributed by atoms with Gasteiger partial charge >= 0.3 is 0 Å². The monoisotopic (exact) mass is 466 g/mol. The summed E-state index contributed by atoms with van der Waals surface area (Å²) in [5.41, 5.74) is 2.37. The van der Waals surface area contributed by atoms with Crippen LogP contribution in [-0.2, 0) is 30.6 Å². The minimum atomic E-state index is 0.00162. The zero-order valence-electron chi connectivity index (χ0n) is 19.1. The van der Waals surface area contributed by atoms with Crippen molar-refractivity contribution in [2.45, 2.75) is 45.1 Å². The molecule has 174 valence electrons. The lowest BCUT2D eigenvalue weighted by Gasteiger charge is -2.34. The molecular weight excluding hydrogens is 436 g/mol. The Morgan fingerprint density at radius 3 is 2.64 bits per heavy atom. The topological polar surface area (TPSA) is 78.5 Å². The van der Waals surface area contributed by atoms with Crippen molar-refractivity contribution in [3.8, 4) is 5.75 Å². The number of hydrogen-bond donors (Lipinski definition) is 1. The molecule has 0 radical (unpaired) electrons. The van der Waals surface area contributed by atoms with E-state index in [0.29, 0.717) is 26.1 Å². The first-order chi connectivity index (χ1) is 16.1. The van der Waals surface area contributed by atoms with Gasteiger partial charge in [0.1, 0.15) is 16.4 Å². The van der Waals surface area contributed by atoms with Gasteiger partial charge in [-0.05, 0) is 55.4 Å². The van der Waals surface area contributed by atoms with Crippen LogP contribution in [0, 0.1) is 0 Å². The third-order valence-electron chi connectivity index (χ3n) is 6.76. The lowest BCUT2D eigenvalue weighted by atomic mass is 9.97. The van der Waals surface area contributed by atoms with Gasteiger partial charge in [0.2, 0.25) is 5.91 Å². The van der Waals surface area contributed by atoms with E-state index in [9.17, 15) is 9.59 Å². The highest BCUT2D eigenvalue weighted by Crippen LogP contribution is 2.33. The maximum Gasteiger partial charge on any atom is 0.259 e. The van der Waals surface area contributed by atoms with Gasteiger partial charge in [0.25, 0.3) is 5.56 Å². The molecule has 1 aromatic carbocycles. The summed E-state index contributed by atoms with van der Waals surface area (Å²) in [6.07, 6.45) is 5.67. The van der Waals surface area contributed by atoms with Crippen molar-refractivity contribution < 1.29 is 9.53 Å². The fourth-order valence-electron chi connectivity index (χ4n) is 4.85. The summed E-state index contributed by atoms with van der Waals surface area (Å²) in [5.74, 6) is 1.75. The normalized spacial score (nSPS) is 16.7. The van der Waals surface area contributed by atoms with Gasteiger partial charge in [-0.15, -0.1) is 11.3 Å². The molecule has 0 unspecified atom stereocenters. The van der Waals surface area contributed by atoms with E-state index in [1.54, 1.807) is 18.4 Å². The maximum atomic E-state index is 12.8. The van der Waals surface area contributed by atoms with E-state index in [1.807, 2.05) is 29.2 Å². The highest BCUT2D eigenvalue weighted by Gasteiger charge is 2.23. The number of carbonyl (C=O) groups is 1. The fraction of sp³-hybridized carbons (Fsp3) is 0.480. The van der Waals surface area contributed by atoms with Crippen LogP contribution in [0.25, 0.3) is 10.2 Å². The fourth-order valence-corrected chi connectivity index (χ4v) is 6.13. The number of aromatic nitrogens is 2. The number of rotatable bonds is 6. The number of nitrogens with zero attached hydrogens (tertiary/aromatic N) is 3. The number of benzene rings is 1. The Hall–Kier alpha value is -2.71. The number of fused-ring (bicyclic) bond motifs is 3. The average molecular weight is 467 g/mol. The molecule has 0 saturated carbocycles. The molecular formula is C25H30N4O3S. The zero-order chi connectivity index (χ0) is 22.8. The minimum absolute atomic E-state index is 0.00162. The Bertz CT molecular complexity index is 1190. The molecule has 7 nitrogen and oxygen atoms in total. The number of thiophene rings is 1. The lowest BCUT2D eigenvalue weighted by molar-refractivity contribution is -0.133. The van der Waals surface area contributed by atoms with Gasteiger partial charge in [0, 0.05) is 37.5 Å². The molecule has 3 aromatic rings. The Morgan fingerprint density at radius 2 is 1.88 bits per heavy atom. The molecule has 1 aliphatic carbocycles. The molecule has 1 N–H and O–H groups in total. The van der Waals surface area contributed by atoms with E-state index in [4.69, 9.17) is 9.72 Å². The van der Waals surface area contributed by atoms with Crippen molar-refractivity contribution in [1.82, 2.24) is 19.8 Å². The first kappa shape index (κ1) is 22.1. The number of aromatic amines is 1.